The van der Waals surface area contributed by atoms with Gasteiger partial charge in [0.2, 0.25) is 0 Å². The molecule has 0 saturated carbocycles. The van der Waals surface area contributed by atoms with Gasteiger partial charge in [0.1, 0.15) is 6.61 Å². The lowest BCUT2D eigenvalue weighted by atomic mass is 10.0. The number of aryl methyl sites for hydroxylation is 1. The van der Waals surface area contributed by atoms with E-state index >= 15 is 0 Å². The molecule has 0 aliphatic carbocycles. The van der Waals surface area contributed by atoms with Crippen LogP contribution in [0.15, 0.2) is 18.2 Å². The molecular formula is C17H21NO2S. The zero-order valence-electron chi connectivity index (χ0n) is 12.8. The van der Waals surface area contributed by atoms with E-state index in [0.717, 1.165) is 24.4 Å². The first-order chi connectivity index (χ1) is 9.93. The Kier molecular flexibility index (Phi) is 4.97. The van der Waals surface area contributed by atoms with E-state index in [1.165, 1.54) is 0 Å². The molecule has 0 unspecified atom stereocenters. The van der Waals surface area contributed by atoms with Gasteiger partial charge in [0.25, 0.3) is 5.91 Å². The van der Waals surface area contributed by atoms with Crippen molar-refractivity contribution < 1.29 is 9.90 Å². The Balaban J connectivity index is 2.31. The number of rotatable bonds is 1. The van der Waals surface area contributed by atoms with Crippen molar-refractivity contribution in [2.75, 3.05) is 25.4 Å². The predicted octanol–water partition coefficient (Wildman–Crippen LogP) is 2.31. The number of thioether (sulfide) groups is 1. The number of aliphatic hydroxyl groups excluding tert-OH is 1. The van der Waals surface area contributed by atoms with Crippen LogP contribution in [0.5, 0.6) is 0 Å². The summed E-state index contributed by atoms with van der Waals surface area (Å²) in [6.45, 7) is 7.62. The summed E-state index contributed by atoms with van der Waals surface area (Å²) in [5.41, 5.74) is 2.37. The molecule has 1 N–H and O–H groups in total. The highest BCUT2D eigenvalue weighted by Crippen LogP contribution is 2.30. The minimum absolute atomic E-state index is 0.0364. The lowest BCUT2D eigenvalue weighted by Gasteiger charge is -2.37. The van der Waals surface area contributed by atoms with Crippen LogP contribution in [0, 0.1) is 18.8 Å². The van der Waals surface area contributed by atoms with Gasteiger partial charge in [-0.25, -0.2) is 0 Å². The summed E-state index contributed by atoms with van der Waals surface area (Å²) in [6.07, 6.45) is 0. The summed E-state index contributed by atoms with van der Waals surface area (Å²) in [4.78, 5) is 14.7. The van der Waals surface area contributed by atoms with E-state index in [1.54, 1.807) is 0 Å². The van der Waals surface area contributed by atoms with E-state index in [0.29, 0.717) is 11.1 Å². The second kappa shape index (κ2) is 6.55. The largest absolute Gasteiger partial charge is 0.384 e. The van der Waals surface area contributed by atoms with Gasteiger partial charge in [0.05, 0.1) is 5.56 Å². The average molecular weight is 303 g/mol. The van der Waals surface area contributed by atoms with Crippen LogP contribution >= 0.6 is 11.8 Å². The highest BCUT2D eigenvalue weighted by molar-refractivity contribution is 8.00. The monoisotopic (exact) mass is 303 g/mol. The number of carbonyl (C=O) groups excluding carboxylic acids is 1. The number of benzene rings is 1. The molecule has 3 nitrogen and oxygen atoms in total. The molecule has 1 aromatic carbocycles. The zero-order chi connectivity index (χ0) is 15.5. The third-order valence-electron chi connectivity index (χ3n) is 3.42. The van der Waals surface area contributed by atoms with Gasteiger partial charge in [-0.2, -0.15) is 11.8 Å². The molecule has 1 heterocycles. The zero-order valence-corrected chi connectivity index (χ0v) is 13.6. The molecule has 2 rings (SSSR count). The Morgan fingerprint density at radius 1 is 1.48 bits per heavy atom. The lowest BCUT2D eigenvalue weighted by molar-refractivity contribution is 0.0747. The first-order valence-corrected chi connectivity index (χ1v) is 8.05. The van der Waals surface area contributed by atoms with Gasteiger partial charge in [-0.3, -0.25) is 4.79 Å². The van der Waals surface area contributed by atoms with E-state index < -0.39 is 0 Å². The highest BCUT2D eigenvalue weighted by atomic mass is 32.2. The fourth-order valence-electron chi connectivity index (χ4n) is 2.44. The van der Waals surface area contributed by atoms with Crippen molar-refractivity contribution in [3.8, 4) is 11.8 Å². The maximum absolute atomic E-state index is 12.8. The third kappa shape index (κ3) is 4.03. The van der Waals surface area contributed by atoms with Gasteiger partial charge in [0, 0.05) is 29.2 Å². The molecule has 0 aromatic heterocycles. The molecule has 0 radical (unpaired) electrons. The molecule has 112 valence electrons. The molecule has 21 heavy (non-hydrogen) atoms. The summed E-state index contributed by atoms with van der Waals surface area (Å²) in [5.74, 6) is 6.50. The van der Waals surface area contributed by atoms with Crippen molar-refractivity contribution in [2.24, 2.45) is 0 Å². The second-order valence-corrected chi connectivity index (χ2v) is 7.65. The van der Waals surface area contributed by atoms with E-state index in [4.69, 9.17) is 5.11 Å². The van der Waals surface area contributed by atoms with Crippen molar-refractivity contribution in [2.45, 2.75) is 25.5 Å². The van der Waals surface area contributed by atoms with Crippen LogP contribution in [0.25, 0.3) is 0 Å². The molecule has 4 heteroatoms. The standard InChI is InChI=1S/C17H21NO2S/c1-13-6-7-14(5-4-9-19)15(11-13)16(20)18-8-10-21-17(2,3)12-18/h6-7,11,19H,8-10,12H2,1-3H3. The van der Waals surface area contributed by atoms with E-state index in [1.807, 2.05) is 41.8 Å². The van der Waals surface area contributed by atoms with Crippen LogP contribution < -0.4 is 0 Å². The van der Waals surface area contributed by atoms with Crippen molar-refractivity contribution in [3.05, 3.63) is 34.9 Å². The first-order valence-electron chi connectivity index (χ1n) is 7.06. The smallest absolute Gasteiger partial charge is 0.255 e. The third-order valence-corrected chi connectivity index (χ3v) is 4.72. The number of nitrogens with zero attached hydrogens (tertiary/aromatic N) is 1. The quantitative estimate of drug-likeness (QED) is 0.809. The fraction of sp³-hybridized carbons (Fsp3) is 0.471. The topological polar surface area (TPSA) is 40.5 Å². The average Bonchev–Trinajstić information content (AvgIpc) is 2.44. The number of aliphatic hydroxyl groups is 1. The van der Waals surface area contributed by atoms with Crippen molar-refractivity contribution in [3.63, 3.8) is 0 Å². The summed E-state index contributed by atoms with van der Waals surface area (Å²) in [6, 6.07) is 5.68. The Morgan fingerprint density at radius 2 is 2.24 bits per heavy atom. The molecule has 1 saturated heterocycles. The highest BCUT2D eigenvalue weighted by Gasteiger charge is 2.30. The van der Waals surface area contributed by atoms with Gasteiger partial charge in [-0.15, -0.1) is 0 Å². The number of hydrogen-bond donors (Lipinski definition) is 1. The summed E-state index contributed by atoms with van der Waals surface area (Å²) < 4.78 is 0.0919. The number of amides is 1. The summed E-state index contributed by atoms with van der Waals surface area (Å²) >= 11 is 1.90. The molecule has 0 bridgehead atoms. The van der Waals surface area contributed by atoms with Crippen LogP contribution in [0.3, 0.4) is 0 Å². The van der Waals surface area contributed by atoms with E-state index in [-0.39, 0.29) is 17.3 Å². The molecule has 1 fully saturated rings. The number of carbonyl (C=O) groups is 1. The Bertz CT molecular complexity index is 599. The van der Waals surface area contributed by atoms with Crippen molar-refractivity contribution in [1.29, 1.82) is 0 Å². The number of hydrogen-bond acceptors (Lipinski definition) is 3. The molecule has 1 aliphatic rings. The van der Waals surface area contributed by atoms with E-state index in [2.05, 4.69) is 25.7 Å². The minimum atomic E-state index is -0.200. The second-order valence-electron chi connectivity index (χ2n) is 5.84. The van der Waals surface area contributed by atoms with Crippen molar-refractivity contribution in [1.82, 2.24) is 4.90 Å². The molecule has 1 amide bonds. The summed E-state index contributed by atoms with van der Waals surface area (Å²) in [7, 11) is 0. The normalized spacial score (nSPS) is 17.0. The first kappa shape index (κ1) is 15.9. The minimum Gasteiger partial charge on any atom is -0.384 e. The van der Waals surface area contributed by atoms with Gasteiger partial charge in [-0.05, 0) is 32.9 Å². The maximum Gasteiger partial charge on any atom is 0.255 e. The molecule has 0 atom stereocenters. The molecule has 1 aromatic rings. The molecule has 0 spiro atoms. The van der Waals surface area contributed by atoms with Crippen LogP contribution in [-0.4, -0.2) is 46.1 Å². The predicted molar refractivity (Wildman–Crippen MR) is 87.6 cm³/mol. The van der Waals surface area contributed by atoms with Crippen molar-refractivity contribution >= 4 is 17.7 Å². The van der Waals surface area contributed by atoms with Crippen LogP contribution in [0.1, 0.15) is 35.3 Å². The Hall–Kier alpha value is -1.44. The van der Waals surface area contributed by atoms with Gasteiger partial charge in [-0.1, -0.05) is 23.5 Å². The van der Waals surface area contributed by atoms with Gasteiger partial charge in [0.15, 0.2) is 0 Å². The van der Waals surface area contributed by atoms with Gasteiger partial charge >= 0.3 is 0 Å². The Morgan fingerprint density at radius 3 is 2.90 bits per heavy atom. The van der Waals surface area contributed by atoms with Crippen LogP contribution in [0.4, 0.5) is 0 Å². The summed E-state index contributed by atoms with van der Waals surface area (Å²) in [5, 5.41) is 8.86. The molecule has 1 aliphatic heterocycles. The lowest BCUT2D eigenvalue weighted by Crippen LogP contribution is -2.46. The maximum atomic E-state index is 12.8. The fourth-order valence-corrected chi connectivity index (χ4v) is 3.55. The molecular weight excluding hydrogens is 282 g/mol. The Labute approximate surface area is 130 Å². The van der Waals surface area contributed by atoms with Crippen LogP contribution in [0.2, 0.25) is 0 Å². The van der Waals surface area contributed by atoms with E-state index in [9.17, 15) is 4.79 Å². The van der Waals surface area contributed by atoms with Gasteiger partial charge < -0.3 is 10.0 Å². The SMILES string of the molecule is Cc1ccc(C#CCO)c(C(=O)N2CCSC(C)(C)C2)c1. The van der Waals surface area contributed by atoms with Crippen LogP contribution in [-0.2, 0) is 0 Å².